The molecule has 1 rings (SSSR count). The molecule has 58 valence electrons. The van der Waals surface area contributed by atoms with Gasteiger partial charge in [-0.15, -0.1) is 0 Å². The molecular weight excluding hydrogens is 120 g/mol. The van der Waals surface area contributed by atoms with Crippen molar-refractivity contribution in [3.8, 4) is 0 Å². The van der Waals surface area contributed by atoms with Crippen molar-refractivity contribution in [3.05, 3.63) is 12.2 Å². The zero-order chi connectivity index (χ0) is 7.56. The highest BCUT2D eigenvalue weighted by Gasteiger charge is 2.40. The number of hydrogen-bond donors (Lipinski definition) is 0. The summed E-state index contributed by atoms with van der Waals surface area (Å²) in [5.41, 5.74) is 0. The van der Waals surface area contributed by atoms with Gasteiger partial charge in [0.25, 0.3) is 0 Å². The van der Waals surface area contributed by atoms with Crippen molar-refractivity contribution < 1.29 is 0 Å². The van der Waals surface area contributed by atoms with Gasteiger partial charge in [-0.3, -0.25) is 0 Å². The van der Waals surface area contributed by atoms with Crippen LogP contribution in [0.4, 0.5) is 0 Å². The SMILES string of the molecule is CCCC=CC1C(C)C1C. The second kappa shape index (κ2) is 3.23. The summed E-state index contributed by atoms with van der Waals surface area (Å²) < 4.78 is 0. The molecule has 0 spiro atoms. The molecule has 2 atom stereocenters. The molecule has 0 heteroatoms. The van der Waals surface area contributed by atoms with Crippen molar-refractivity contribution in [1.82, 2.24) is 0 Å². The topological polar surface area (TPSA) is 0 Å². The fourth-order valence-electron chi connectivity index (χ4n) is 1.47. The van der Waals surface area contributed by atoms with Gasteiger partial charge in [0.15, 0.2) is 0 Å². The molecule has 2 unspecified atom stereocenters. The van der Waals surface area contributed by atoms with Gasteiger partial charge in [-0.05, 0) is 24.2 Å². The molecule has 0 N–H and O–H groups in total. The standard InChI is InChI=1S/C10H18/c1-4-5-6-7-10-8(2)9(10)3/h6-10H,4-5H2,1-3H3. The Morgan fingerprint density at radius 3 is 2.20 bits per heavy atom. The molecule has 0 aromatic rings. The normalized spacial score (nSPS) is 38.9. The summed E-state index contributed by atoms with van der Waals surface area (Å²) in [6.45, 7) is 6.90. The largest absolute Gasteiger partial charge is 0.0882 e. The van der Waals surface area contributed by atoms with Crippen molar-refractivity contribution in [3.63, 3.8) is 0 Å². The minimum atomic E-state index is 0.909. The summed E-state index contributed by atoms with van der Waals surface area (Å²) in [6, 6.07) is 0. The third kappa shape index (κ3) is 1.62. The van der Waals surface area contributed by atoms with E-state index in [2.05, 4.69) is 32.9 Å². The van der Waals surface area contributed by atoms with Gasteiger partial charge >= 0.3 is 0 Å². The van der Waals surface area contributed by atoms with Gasteiger partial charge < -0.3 is 0 Å². The van der Waals surface area contributed by atoms with Crippen LogP contribution in [0, 0.1) is 17.8 Å². The third-order valence-corrected chi connectivity index (χ3v) is 2.72. The predicted octanol–water partition coefficient (Wildman–Crippen LogP) is 3.24. The van der Waals surface area contributed by atoms with Crippen LogP contribution in [0.15, 0.2) is 12.2 Å². The van der Waals surface area contributed by atoms with Gasteiger partial charge in [0, 0.05) is 0 Å². The lowest BCUT2D eigenvalue weighted by molar-refractivity contribution is 0.834. The number of rotatable bonds is 3. The smallest absolute Gasteiger partial charge is 0.0177 e. The Morgan fingerprint density at radius 2 is 1.80 bits per heavy atom. The lowest BCUT2D eigenvalue weighted by atomic mass is 10.2. The first-order valence-corrected chi connectivity index (χ1v) is 4.44. The van der Waals surface area contributed by atoms with E-state index >= 15 is 0 Å². The highest BCUT2D eigenvalue weighted by atomic mass is 14.4. The molecule has 1 saturated carbocycles. The molecule has 0 aromatic heterocycles. The fraction of sp³-hybridized carbons (Fsp3) is 0.800. The summed E-state index contributed by atoms with van der Waals surface area (Å²) in [6.07, 6.45) is 7.28. The molecule has 0 bridgehead atoms. The van der Waals surface area contributed by atoms with Crippen molar-refractivity contribution in [2.45, 2.75) is 33.6 Å². The van der Waals surface area contributed by atoms with E-state index < -0.39 is 0 Å². The van der Waals surface area contributed by atoms with E-state index in [9.17, 15) is 0 Å². The van der Waals surface area contributed by atoms with Gasteiger partial charge in [-0.2, -0.15) is 0 Å². The summed E-state index contributed by atoms with van der Waals surface area (Å²) in [4.78, 5) is 0. The Bertz CT molecular complexity index is 116. The molecule has 0 heterocycles. The molecular formula is C10H18. The van der Waals surface area contributed by atoms with Gasteiger partial charge in [0.05, 0.1) is 0 Å². The summed E-state index contributed by atoms with van der Waals surface area (Å²) in [5, 5.41) is 0. The van der Waals surface area contributed by atoms with E-state index in [4.69, 9.17) is 0 Å². The monoisotopic (exact) mass is 138 g/mol. The maximum atomic E-state index is 2.40. The molecule has 10 heavy (non-hydrogen) atoms. The second-order valence-corrected chi connectivity index (χ2v) is 3.51. The maximum absolute atomic E-state index is 2.40. The molecule has 0 aliphatic heterocycles. The van der Waals surface area contributed by atoms with Gasteiger partial charge in [0.2, 0.25) is 0 Å². The fourth-order valence-corrected chi connectivity index (χ4v) is 1.47. The first kappa shape index (κ1) is 7.84. The molecule has 0 amide bonds. The number of unbranched alkanes of at least 4 members (excludes halogenated alkanes) is 1. The average Bonchev–Trinajstić information content (AvgIpc) is 2.46. The number of hydrogen-bond acceptors (Lipinski definition) is 0. The van der Waals surface area contributed by atoms with Crippen molar-refractivity contribution in [2.24, 2.45) is 17.8 Å². The molecule has 1 aliphatic carbocycles. The highest BCUT2D eigenvalue weighted by Crippen LogP contribution is 2.46. The number of allylic oxidation sites excluding steroid dienone is 2. The van der Waals surface area contributed by atoms with E-state index in [1.54, 1.807) is 0 Å². The van der Waals surface area contributed by atoms with Crippen LogP contribution >= 0.6 is 0 Å². The third-order valence-electron chi connectivity index (χ3n) is 2.72. The molecule has 0 nitrogen and oxygen atoms in total. The Kier molecular flexibility index (Phi) is 2.53. The van der Waals surface area contributed by atoms with Crippen LogP contribution in [0.25, 0.3) is 0 Å². The molecule has 1 aliphatic rings. The van der Waals surface area contributed by atoms with E-state index in [0.717, 1.165) is 17.8 Å². The first-order chi connectivity index (χ1) is 4.77. The Morgan fingerprint density at radius 1 is 1.20 bits per heavy atom. The Balaban J connectivity index is 2.15. The Labute approximate surface area is 64.3 Å². The van der Waals surface area contributed by atoms with Crippen molar-refractivity contribution >= 4 is 0 Å². The minimum Gasteiger partial charge on any atom is -0.0882 e. The minimum absolute atomic E-state index is 0.909. The van der Waals surface area contributed by atoms with Crippen LogP contribution < -0.4 is 0 Å². The van der Waals surface area contributed by atoms with E-state index in [0.29, 0.717) is 0 Å². The quantitative estimate of drug-likeness (QED) is 0.525. The van der Waals surface area contributed by atoms with E-state index in [1.807, 2.05) is 0 Å². The van der Waals surface area contributed by atoms with E-state index in [1.165, 1.54) is 12.8 Å². The van der Waals surface area contributed by atoms with Crippen molar-refractivity contribution in [2.75, 3.05) is 0 Å². The Hall–Kier alpha value is -0.260. The van der Waals surface area contributed by atoms with E-state index in [-0.39, 0.29) is 0 Å². The summed E-state index contributed by atoms with van der Waals surface area (Å²) in [7, 11) is 0. The summed E-state index contributed by atoms with van der Waals surface area (Å²) >= 11 is 0. The van der Waals surface area contributed by atoms with Crippen molar-refractivity contribution in [1.29, 1.82) is 0 Å². The molecule has 0 aromatic carbocycles. The molecule has 0 saturated heterocycles. The molecule has 1 fully saturated rings. The van der Waals surface area contributed by atoms with Crippen LogP contribution in [-0.4, -0.2) is 0 Å². The van der Waals surface area contributed by atoms with Crippen LogP contribution in [0.3, 0.4) is 0 Å². The highest BCUT2D eigenvalue weighted by molar-refractivity contribution is 5.04. The predicted molar refractivity (Wildman–Crippen MR) is 45.9 cm³/mol. The van der Waals surface area contributed by atoms with Crippen LogP contribution in [0.2, 0.25) is 0 Å². The summed E-state index contributed by atoms with van der Waals surface area (Å²) in [5.74, 6) is 2.81. The second-order valence-electron chi connectivity index (χ2n) is 3.51. The van der Waals surface area contributed by atoms with Gasteiger partial charge in [0.1, 0.15) is 0 Å². The zero-order valence-electron chi connectivity index (χ0n) is 7.30. The average molecular weight is 138 g/mol. The lowest BCUT2D eigenvalue weighted by Crippen LogP contribution is -1.69. The molecule has 0 radical (unpaired) electrons. The maximum Gasteiger partial charge on any atom is -0.0177 e. The lowest BCUT2D eigenvalue weighted by Gasteiger charge is -1.84. The van der Waals surface area contributed by atoms with Gasteiger partial charge in [-0.25, -0.2) is 0 Å². The van der Waals surface area contributed by atoms with Gasteiger partial charge in [-0.1, -0.05) is 39.3 Å². The van der Waals surface area contributed by atoms with Crippen LogP contribution in [0.5, 0.6) is 0 Å². The zero-order valence-corrected chi connectivity index (χ0v) is 7.30. The van der Waals surface area contributed by atoms with Crippen LogP contribution in [-0.2, 0) is 0 Å². The van der Waals surface area contributed by atoms with Crippen LogP contribution in [0.1, 0.15) is 33.6 Å². The first-order valence-electron chi connectivity index (χ1n) is 4.44.